The summed E-state index contributed by atoms with van der Waals surface area (Å²) in [5.41, 5.74) is 0. The number of ether oxygens (including phenoxy) is 2. The van der Waals surface area contributed by atoms with Crippen molar-refractivity contribution in [3.63, 3.8) is 0 Å². The maximum atomic E-state index is 12.9. The Morgan fingerprint density at radius 1 is 0.397 bits per heavy atom. The first kappa shape index (κ1) is 74.9. The predicted molar refractivity (Wildman–Crippen MR) is 335 cm³/mol. The van der Waals surface area contributed by atoms with Gasteiger partial charge in [0.25, 0.3) is 0 Å². The van der Waals surface area contributed by atoms with Crippen LogP contribution >= 0.6 is 7.82 Å². The third kappa shape index (κ3) is 62.1. The van der Waals surface area contributed by atoms with Gasteiger partial charge in [-0.15, -0.1) is 0 Å². The van der Waals surface area contributed by atoms with E-state index in [9.17, 15) is 19.0 Å². The number of quaternary nitrogens is 1. The molecule has 0 aromatic heterocycles. The van der Waals surface area contributed by atoms with Crippen molar-refractivity contribution in [2.45, 2.75) is 277 Å². The topological polar surface area (TPSA) is 108 Å². The van der Waals surface area contributed by atoms with E-state index in [4.69, 9.17) is 18.5 Å². The number of hydrogen-bond acceptors (Lipinski definition) is 7. The SMILES string of the molecule is CC/C=C\C/C=C\C/C=C\C/C=C\CCCCCCCCCCCCCCCCCCCCCCC(=O)OC(COC(=O)CCCCCCCCCC/C=C\C/C=C\C/C=C\C/C=C\CC)COP(=O)(O)OCC[N+](C)(C)C. The van der Waals surface area contributed by atoms with Gasteiger partial charge in [-0.1, -0.05) is 265 Å². The van der Waals surface area contributed by atoms with Crippen LogP contribution in [0.3, 0.4) is 0 Å². The number of carbonyl (C=O) groups excluding carboxylic acids is 2. The highest BCUT2D eigenvalue weighted by atomic mass is 31.2. The van der Waals surface area contributed by atoms with Crippen LogP contribution in [0.1, 0.15) is 271 Å². The minimum absolute atomic E-state index is 0.0277. The number of esters is 2. The van der Waals surface area contributed by atoms with Crippen LogP contribution in [-0.2, 0) is 32.7 Å². The van der Waals surface area contributed by atoms with Crippen LogP contribution in [0.5, 0.6) is 0 Å². The molecule has 450 valence electrons. The molecule has 0 bridgehead atoms. The highest BCUT2D eigenvalue weighted by Gasteiger charge is 2.27. The Hall–Kier alpha value is -3.07. The third-order valence-corrected chi connectivity index (χ3v) is 14.6. The second kappa shape index (κ2) is 58.6. The van der Waals surface area contributed by atoms with Crippen LogP contribution in [0.4, 0.5) is 0 Å². The van der Waals surface area contributed by atoms with Crippen molar-refractivity contribution in [3.05, 3.63) is 97.2 Å². The van der Waals surface area contributed by atoms with E-state index in [1.807, 2.05) is 21.1 Å². The van der Waals surface area contributed by atoms with E-state index in [-0.39, 0.29) is 32.0 Å². The van der Waals surface area contributed by atoms with Crippen molar-refractivity contribution in [2.75, 3.05) is 47.5 Å². The van der Waals surface area contributed by atoms with Gasteiger partial charge in [0.2, 0.25) is 0 Å². The number of rotatable bonds is 58. The molecule has 0 aromatic rings. The average molecular weight is 1110 g/mol. The van der Waals surface area contributed by atoms with Crippen LogP contribution in [-0.4, -0.2) is 74.9 Å². The molecule has 0 aliphatic rings. The van der Waals surface area contributed by atoms with Gasteiger partial charge in [0.15, 0.2) is 6.10 Å². The number of carbonyl (C=O) groups is 2. The Morgan fingerprint density at radius 2 is 0.692 bits per heavy atom. The van der Waals surface area contributed by atoms with Gasteiger partial charge in [-0.2, -0.15) is 0 Å². The number of likely N-dealkylation sites (N-methyl/N-ethyl adjacent to an activating group) is 1. The van der Waals surface area contributed by atoms with E-state index in [1.165, 1.54) is 141 Å². The highest BCUT2D eigenvalue weighted by molar-refractivity contribution is 7.47. The average Bonchev–Trinajstić information content (AvgIpc) is 3.41. The van der Waals surface area contributed by atoms with Crippen LogP contribution < -0.4 is 0 Å². The summed E-state index contributed by atoms with van der Waals surface area (Å²) in [6, 6.07) is 0. The Kier molecular flexibility index (Phi) is 56.3. The second-order valence-electron chi connectivity index (χ2n) is 22.4. The number of phosphoric acid groups is 1. The first-order valence-corrected chi connectivity index (χ1v) is 33.5. The van der Waals surface area contributed by atoms with Crippen LogP contribution in [0.25, 0.3) is 0 Å². The summed E-state index contributed by atoms with van der Waals surface area (Å²) in [6.45, 7) is 4.22. The molecule has 10 heteroatoms. The van der Waals surface area contributed by atoms with Gasteiger partial charge in [-0.3, -0.25) is 18.6 Å². The molecule has 0 aliphatic carbocycles. The normalized spacial score (nSPS) is 13.9. The summed E-state index contributed by atoms with van der Waals surface area (Å²) >= 11 is 0. The predicted octanol–water partition coefficient (Wildman–Crippen LogP) is 20.4. The minimum atomic E-state index is -4.39. The summed E-state index contributed by atoms with van der Waals surface area (Å²) in [5, 5.41) is 0. The van der Waals surface area contributed by atoms with Crippen molar-refractivity contribution < 1.29 is 42.1 Å². The molecule has 0 saturated carbocycles. The lowest BCUT2D eigenvalue weighted by molar-refractivity contribution is -0.870. The molecular weight excluding hydrogens is 990 g/mol. The number of hydrogen-bond donors (Lipinski definition) is 1. The fourth-order valence-corrected chi connectivity index (χ4v) is 9.51. The van der Waals surface area contributed by atoms with E-state index in [2.05, 4.69) is 111 Å². The summed E-state index contributed by atoms with van der Waals surface area (Å²) < 4.78 is 34.6. The first-order chi connectivity index (χ1) is 38.0. The fourth-order valence-electron chi connectivity index (χ4n) is 8.76. The molecule has 2 unspecified atom stereocenters. The van der Waals surface area contributed by atoms with Crippen molar-refractivity contribution >= 4 is 19.8 Å². The van der Waals surface area contributed by atoms with Gasteiger partial charge in [-0.25, -0.2) is 4.57 Å². The Bertz CT molecular complexity index is 1640. The number of unbranched alkanes of at least 4 members (excludes halogenated alkanes) is 28. The van der Waals surface area contributed by atoms with Gasteiger partial charge in [0.1, 0.15) is 19.8 Å². The van der Waals surface area contributed by atoms with Crippen LogP contribution in [0.15, 0.2) is 97.2 Å². The number of allylic oxidation sites excluding steroid dienone is 16. The Labute approximate surface area is 481 Å². The van der Waals surface area contributed by atoms with Gasteiger partial charge in [0.05, 0.1) is 27.7 Å². The standard InChI is InChI=1S/C68H120NO8P/c1-6-8-10-12-14-16-18-20-22-24-26-28-29-30-31-32-33-34-35-36-37-38-39-41-43-45-47-49-51-53-55-57-59-61-68(71)77-66(65-76-78(72,73)75-63-62-69(3,4)5)64-74-67(70)60-58-56-54-52-50-48-46-44-42-40-27-25-23-21-19-17-15-13-11-9-7-2/h8-11,14-17,20-23,26-28,40,66H,6-7,12-13,18-19,24-25,29-39,41-65H2,1-5H3/p+1/b10-8-,11-9-,16-14-,17-15-,22-20-,23-21-,28-26-,40-27-. The minimum Gasteiger partial charge on any atom is -0.462 e. The zero-order chi connectivity index (χ0) is 57.0. The van der Waals surface area contributed by atoms with Crippen molar-refractivity contribution in [3.8, 4) is 0 Å². The molecule has 0 amide bonds. The lowest BCUT2D eigenvalue weighted by atomic mass is 10.0. The lowest BCUT2D eigenvalue weighted by Crippen LogP contribution is -2.37. The van der Waals surface area contributed by atoms with Crippen LogP contribution in [0.2, 0.25) is 0 Å². The molecule has 0 rings (SSSR count). The zero-order valence-corrected chi connectivity index (χ0v) is 52.0. The molecule has 0 aliphatic heterocycles. The molecule has 0 fully saturated rings. The monoisotopic (exact) mass is 1110 g/mol. The maximum absolute atomic E-state index is 12.9. The Balaban J connectivity index is 4.06. The van der Waals surface area contributed by atoms with Crippen LogP contribution in [0, 0.1) is 0 Å². The molecule has 0 aromatic carbocycles. The van der Waals surface area contributed by atoms with Gasteiger partial charge < -0.3 is 18.9 Å². The van der Waals surface area contributed by atoms with Gasteiger partial charge >= 0.3 is 19.8 Å². The maximum Gasteiger partial charge on any atom is 0.472 e. The molecular formula is C68H121NO8P+. The molecule has 0 heterocycles. The highest BCUT2D eigenvalue weighted by Crippen LogP contribution is 2.43. The summed E-state index contributed by atoms with van der Waals surface area (Å²) in [6.07, 6.45) is 80.7. The second-order valence-corrected chi connectivity index (χ2v) is 23.8. The smallest absolute Gasteiger partial charge is 0.462 e. The van der Waals surface area contributed by atoms with E-state index in [0.717, 1.165) is 96.3 Å². The van der Waals surface area contributed by atoms with E-state index >= 15 is 0 Å². The third-order valence-electron chi connectivity index (χ3n) is 13.6. The fraction of sp³-hybridized carbons (Fsp3) is 0.735. The molecule has 9 nitrogen and oxygen atoms in total. The number of nitrogens with zero attached hydrogens (tertiary/aromatic N) is 1. The largest absolute Gasteiger partial charge is 0.472 e. The summed E-state index contributed by atoms with van der Waals surface area (Å²) in [7, 11) is 1.47. The number of phosphoric ester groups is 1. The van der Waals surface area contributed by atoms with Gasteiger partial charge in [-0.05, 0) is 89.9 Å². The molecule has 0 spiro atoms. The van der Waals surface area contributed by atoms with Crippen molar-refractivity contribution in [1.82, 2.24) is 0 Å². The molecule has 0 radical (unpaired) electrons. The van der Waals surface area contributed by atoms with E-state index < -0.39 is 26.5 Å². The quantitative estimate of drug-likeness (QED) is 0.0211. The first-order valence-electron chi connectivity index (χ1n) is 32.0. The molecule has 1 N–H and O–H groups in total. The zero-order valence-electron chi connectivity index (χ0n) is 51.1. The van der Waals surface area contributed by atoms with Crippen molar-refractivity contribution in [1.29, 1.82) is 0 Å². The Morgan fingerprint density at radius 3 is 1.03 bits per heavy atom. The summed E-state index contributed by atoms with van der Waals surface area (Å²) in [4.78, 5) is 35.8. The molecule has 2 atom stereocenters. The molecule has 0 saturated heterocycles. The van der Waals surface area contributed by atoms with E-state index in [0.29, 0.717) is 17.4 Å². The molecule has 78 heavy (non-hydrogen) atoms. The lowest BCUT2D eigenvalue weighted by Gasteiger charge is -2.24. The van der Waals surface area contributed by atoms with Crippen molar-refractivity contribution in [2.24, 2.45) is 0 Å². The van der Waals surface area contributed by atoms with E-state index in [1.54, 1.807) is 0 Å². The summed E-state index contributed by atoms with van der Waals surface area (Å²) in [5.74, 6) is -0.802. The van der Waals surface area contributed by atoms with Gasteiger partial charge in [0, 0.05) is 12.8 Å².